The van der Waals surface area contributed by atoms with Crippen molar-refractivity contribution in [1.29, 1.82) is 0 Å². The molecule has 2 rings (SSSR count). The number of hydrogen-bond acceptors (Lipinski definition) is 4. The first kappa shape index (κ1) is 28.5. The number of benzene rings is 2. The molecule has 35 heavy (non-hydrogen) atoms. The fourth-order valence-corrected chi connectivity index (χ4v) is 5.07. The molecule has 1 atom stereocenters. The Labute approximate surface area is 210 Å². The van der Waals surface area contributed by atoms with E-state index in [4.69, 9.17) is 0 Å². The highest BCUT2D eigenvalue weighted by Gasteiger charge is 2.30. The Morgan fingerprint density at radius 3 is 2.06 bits per heavy atom. The van der Waals surface area contributed by atoms with Gasteiger partial charge in [-0.15, -0.1) is 0 Å². The summed E-state index contributed by atoms with van der Waals surface area (Å²) >= 11 is 0. The van der Waals surface area contributed by atoms with Gasteiger partial charge in [0, 0.05) is 32.1 Å². The molecule has 0 aliphatic rings. The van der Waals surface area contributed by atoms with E-state index in [1.165, 1.54) is 11.4 Å². The third kappa shape index (κ3) is 8.78. The second-order valence-electron chi connectivity index (χ2n) is 9.73. The molecular formula is C27H39N3O4S. The van der Waals surface area contributed by atoms with E-state index in [2.05, 4.69) is 5.32 Å². The highest BCUT2D eigenvalue weighted by atomic mass is 32.2. The largest absolute Gasteiger partial charge is 0.350 e. The maximum Gasteiger partial charge on any atom is 0.243 e. The smallest absolute Gasteiger partial charge is 0.243 e. The van der Waals surface area contributed by atoms with Crippen molar-refractivity contribution in [3.8, 4) is 0 Å². The van der Waals surface area contributed by atoms with Crippen molar-refractivity contribution in [3.63, 3.8) is 0 Å². The van der Waals surface area contributed by atoms with Crippen LogP contribution in [0.1, 0.15) is 52.5 Å². The quantitative estimate of drug-likeness (QED) is 0.479. The van der Waals surface area contributed by atoms with Gasteiger partial charge in [-0.1, -0.05) is 55.5 Å². The van der Waals surface area contributed by atoms with Gasteiger partial charge >= 0.3 is 0 Å². The molecule has 2 aromatic rings. The van der Waals surface area contributed by atoms with E-state index < -0.39 is 21.6 Å². The van der Waals surface area contributed by atoms with Gasteiger partial charge in [0.05, 0.1) is 4.90 Å². The average Bonchev–Trinajstić information content (AvgIpc) is 2.81. The number of nitrogens with zero attached hydrogens (tertiary/aromatic N) is 2. The van der Waals surface area contributed by atoms with Gasteiger partial charge in [0.1, 0.15) is 6.04 Å². The minimum Gasteiger partial charge on any atom is -0.350 e. The zero-order valence-corrected chi connectivity index (χ0v) is 22.3. The molecule has 192 valence electrons. The van der Waals surface area contributed by atoms with Crippen LogP contribution in [0.4, 0.5) is 0 Å². The molecule has 0 saturated carbocycles. The van der Waals surface area contributed by atoms with Crippen LogP contribution in [0.3, 0.4) is 0 Å². The lowest BCUT2D eigenvalue weighted by atomic mass is 10.0. The van der Waals surface area contributed by atoms with Crippen molar-refractivity contribution in [1.82, 2.24) is 14.5 Å². The molecule has 0 aromatic heterocycles. The third-order valence-corrected chi connectivity index (χ3v) is 7.55. The van der Waals surface area contributed by atoms with Gasteiger partial charge in [-0.2, -0.15) is 0 Å². The van der Waals surface area contributed by atoms with Crippen molar-refractivity contribution in [2.75, 3.05) is 20.1 Å². The van der Waals surface area contributed by atoms with E-state index >= 15 is 0 Å². The van der Waals surface area contributed by atoms with Crippen LogP contribution in [0.15, 0.2) is 65.6 Å². The lowest BCUT2D eigenvalue weighted by Gasteiger charge is -2.33. The van der Waals surface area contributed by atoms with Crippen LogP contribution in [0.5, 0.6) is 0 Å². The van der Waals surface area contributed by atoms with E-state index in [0.717, 1.165) is 5.56 Å². The Kier molecular flexibility index (Phi) is 10.5. The monoisotopic (exact) mass is 501 g/mol. The van der Waals surface area contributed by atoms with Crippen LogP contribution in [0.25, 0.3) is 0 Å². The first-order chi connectivity index (χ1) is 16.5. The molecule has 0 aliphatic carbocycles. The Morgan fingerprint density at radius 2 is 1.51 bits per heavy atom. The maximum atomic E-state index is 13.3. The Hall–Kier alpha value is -2.71. The first-order valence-electron chi connectivity index (χ1n) is 12.1. The van der Waals surface area contributed by atoms with Crippen LogP contribution in [0.2, 0.25) is 0 Å². The average molecular weight is 502 g/mol. The summed E-state index contributed by atoms with van der Waals surface area (Å²) in [6.45, 7) is 8.26. The number of carbonyl (C=O) groups excluding carboxylic acids is 2. The molecule has 0 saturated heterocycles. The van der Waals surface area contributed by atoms with Gasteiger partial charge in [0.2, 0.25) is 21.8 Å². The summed E-state index contributed by atoms with van der Waals surface area (Å²) in [7, 11) is -2.09. The highest BCUT2D eigenvalue weighted by molar-refractivity contribution is 7.89. The van der Waals surface area contributed by atoms with Crippen molar-refractivity contribution in [3.05, 3.63) is 66.2 Å². The SMILES string of the molecule is CCC(C(=O)NC(C)(C)C)N(CCc1ccccc1)C(=O)CCCN(C)S(=O)(=O)c1ccccc1. The number of rotatable bonds is 12. The Balaban J connectivity index is 2.09. The molecule has 2 amide bonds. The van der Waals surface area contributed by atoms with Crippen LogP contribution in [-0.4, -0.2) is 61.2 Å². The van der Waals surface area contributed by atoms with Crippen molar-refractivity contribution in [2.24, 2.45) is 0 Å². The van der Waals surface area contributed by atoms with Crippen LogP contribution in [0, 0.1) is 0 Å². The molecular weight excluding hydrogens is 462 g/mol. The summed E-state index contributed by atoms with van der Waals surface area (Å²) in [6.07, 6.45) is 1.64. The fraction of sp³-hybridized carbons (Fsp3) is 0.481. The minimum absolute atomic E-state index is 0.151. The fourth-order valence-electron chi connectivity index (χ4n) is 3.84. The maximum absolute atomic E-state index is 13.3. The number of sulfonamides is 1. The van der Waals surface area contributed by atoms with Gasteiger partial charge < -0.3 is 10.2 Å². The lowest BCUT2D eigenvalue weighted by Crippen LogP contribution is -2.54. The molecule has 1 N–H and O–H groups in total. The molecule has 7 nitrogen and oxygen atoms in total. The van der Waals surface area contributed by atoms with Gasteiger partial charge in [-0.25, -0.2) is 12.7 Å². The minimum atomic E-state index is -3.61. The number of hydrogen-bond donors (Lipinski definition) is 1. The number of amides is 2. The standard InChI is InChI=1S/C27H39N3O4S/c1-6-24(26(32)28-27(2,3)4)30(21-19-22-14-9-7-10-15-22)25(31)18-13-20-29(5)35(33,34)23-16-11-8-12-17-23/h7-12,14-17,24H,6,13,18-21H2,1-5H3,(H,28,32). The van der Waals surface area contributed by atoms with Crippen molar-refractivity contribution in [2.45, 2.75) is 69.9 Å². The van der Waals surface area contributed by atoms with Crippen LogP contribution in [-0.2, 0) is 26.0 Å². The van der Waals surface area contributed by atoms with Gasteiger partial charge in [0.25, 0.3) is 0 Å². The van der Waals surface area contributed by atoms with E-state index in [1.807, 2.05) is 58.0 Å². The molecule has 0 heterocycles. The molecule has 0 bridgehead atoms. The topological polar surface area (TPSA) is 86.8 Å². The van der Waals surface area contributed by atoms with Crippen molar-refractivity contribution >= 4 is 21.8 Å². The summed E-state index contributed by atoms with van der Waals surface area (Å²) in [4.78, 5) is 28.2. The summed E-state index contributed by atoms with van der Waals surface area (Å²) in [5.74, 6) is -0.326. The van der Waals surface area contributed by atoms with Gasteiger partial charge in [-0.05, 0) is 57.7 Å². The molecule has 1 unspecified atom stereocenters. The van der Waals surface area contributed by atoms with E-state index in [9.17, 15) is 18.0 Å². The normalized spacial score (nSPS) is 12.9. The molecule has 2 aromatic carbocycles. The Morgan fingerprint density at radius 1 is 0.943 bits per heavy atom. The summed E-state index contributed by atoms with van der Waals surface area (Å²) in [5, 5.41) is 3.00. The summed E-state index contributed by atoms with van der Waals surface area (Å²) in [6, 6.07) is 17.5. The molecule has 8 heteroatoms. The van der Waals surface area contributed by atoms with Gasteiger partial charge in [-0.3, -0.25) is 9.59 Å². The lowest BCUT2D eigenvalue weighted by molar-refractivity contribution is -0.141. The summed E-state index contributed by atoms with van der Waals surface area (Å²) < 4.78 is 26.8. The first-order valence-corrected chi connectivity index (χ1v) is 13.6. The zero-order valence-electron chi connectivity index (χ0n) is 21.5. The van der Waals surface area contributed by atoms with Crippen LogP contribution >= 0.6 is 0 Å². The van der Waals surface area contributed by atoms with E-state index in [-0.39, 0.29) is 29.7 Å². The van der Waals surface area contributed by atoms with Crippen LogP contribution < -0.4 is 5.32 Å². The Bertz CT molecular complexity index is 1050. The molecule has 0 spiro atoms. The second-order valence-corrected chi connectivity index (χ2v) is 11.8. The molecule has 0 fully saturated rings. The predicted octanol–water partition coefficient (Wildman–Crippen LogP) is 3.85. The second kappa shape index (κ2) is 12.8. The molecule has 0 aliphatic heterocycles. The molecule has 0 radical (unpaired) electrons. The van der Waals surface area contributed by atoms with E-state index in [0.29, 0.717) is 25.8 Å². The van der Waals surface area contributed by atoms with Gasteiger partial charge in [0.15, 0.2) is 0 Å². The number of carbonyl (C=O) groups is 2. The van der Waals surface area contributed by atoms with Crippen molar-refractivity contribution < 1.29 is 18.0 Å². The zero-order chi connectivity index (χ0) is 26.1. The predicted molar refractivity (Wildman–Crippen MR) is 139 cm³/mol. The van der Waals surface area contributed by atoms with E-state index in [1.54, 1.807) is 35.2 Å². The number of nitrogens with one attached hydrogen (secondary N) is 1. The highest BCUT2D eigenvalue weighted by Crippen LogP contribution is 2.16. The summed E-state index contributed by atoms with van der Waals surface area (Å²) in [5.41, 5.74) is 0.678. The third-order valence-electron chi connectivity index (χ3n) is 5.68.